The SMILES string of the molecule is N#CCCCN1CCC[C@H](c2nc3ccccc3s2)C1. The summed E-state index contributed by atoms with van der Waals surface area (Å²) >= 11 is 1.84. The fraction of sp³-hybridized carbons (Fsp3) is 0.500. The average Bonchev–Trinajstić information content (AvgIpc) is 2.92. The Morgan fingerprint density at radius 3 is 3.15 bits per heavy atom. The highest BCUT2D eigenvalue weighted by atomic mass is 32.1. The fourth-order valence-corrected chi connectivity index (χ4v) is 4.00. The third-order valence-corrected chi connectivity index (χ3v) is 5.13. The first-order valence-corrected chi connectivity index (χ1v) is 8.13. The summed E-state index contributed by atoms with van der Waals surface area (Å²) in [6.07, 6.45) is 4.15. The molecule has 1 aromatic carbocycles. The van der Waals surface area contributed by atoms with Crippen molar-refractivity contribution in [3.05, 3.63) is 29.3 Å². The normalized spacial score (nSPS) is 20.1. The summed E-state index contributed by atoms with van der Waals surface area (Å²) in [7, 11) is 0. The summed E-state index contributed by atoms with van der Waals surface area (Å²) in [4.78, 5) is 7.30. The Balaban J connectivity index is 1.68. The number of piperidine rings is 1. The molecular weight excluding hydrogens is 266 g/mol. The second-order valence-corrected chi connectivity index (χ2v) is 6.48. The number of para-hydroxylation sites is 1. The molecule has 0 spiro atoms. The van der Waals surface area contributed by atoms with E-state index in [1.54, 1.807) is 0 Å². The van der Waals surface area contributed by atoms with Gasteiger partial charge in [0, 0.05) is 18.9 Å². The van der Waals surface area contributed by atoms with Crippen molar-refractivity contribution in [3.8, 4) is 6.07 Å². The first kappa shape index (κ1) is 13.5. The number of rotatable bonds is 4. The van der Waals surface area contributed by atoms with Gasteiger partial charge in [-0.2, -0.15) is 5.26 Å². The Bertz CT molecular complexity index is 580. The van der Waals surface area contributed by atoms with Crippen LogP contribution in [0.25, 0.3) is 10.2 Å². The molecule has 0 aliphatic carbocycles. The van der Waals surface area contributed by atoms with Crippen LogP contribution in [0.4, 0.5) is 0 Å². The third-order valence-electron chi connectivity index (χ3n) is 3.93. The lowest BCUT2D eigenvalue weighted by atomic mass is 9.98. The minimum Gasteiger partial charge on any atom is -0.303 e. The predicted octanol–water partition coefficient (Wildman–Crippen LogP) is 3.78. The minimum atomic E-state index is 0.572. The number of fused-ring (bicyclic) bond motifs is 1. The van der Waals surface area contributed by atoms with E-state index in [1.165, 1.54) is 29.1 Å². The van der Waals surface area contributed by atoms with Crippen molar-refractivity contribution in [2.45, 2.75) is 31.6 Å². The van der Waals surface area contributed by atoms with Gasteiger partial charge in [-0.3, -0.25) is 0 Å². The van der Waals surface area contributed by atoms with Gasteiger partial charge in [0.1, 0.15) is 0 Å². The van der Waals surface area contributed by atoms with E-state index in [2.05, 4.69) is 35.2 Å². The van der Waals surface area contributed by atoms with Gasteiger partial charge in [-0.25, -0.2) is 4.98 Å². The van der Waals surface area contributed by atoms with Crippen LogP contribution in [-0.4, -0.2) is 29.5 Å². The zero-order valence-electron chi connectivity index (χ0n) is 11.6. The molecule has 1 saturated heterocycles. The number of nitriles is 1. The lowest BCUT2D eigenvalue weighted by Crippen LogP contribution is -2.35. The van der Waals surface area contributed by atoms with Crippen LogP contribution in [0.1, 0.15) is 36.6 Å². The summed E-state index contributed by atoms with van der Waals surface area (Å²) in [6, 6.07) is 10.6. The van der Waals surface area contributed by atoms with Crippen LogP contribution in [0.3, 0.4) is 0 Å². The van der Waals surface area contributed by atoms with Crippen molar-refractivity contribution >= 4 is 21.6 Å². The van der Waals surface area contributed by atoms with Gasteiger partial charge < -0.3 is 4.90 Å². The van der Waals surface area contributed by atoms with E-state index in [1.807, 2.05) is 11.3 Å². The van der Waals surface area contributed by atoms with E-state index in [4.69, 9.17) is 10.2 Å². The Kier molecular flexibility index (Phi) is 4.29. The van der Waals surface area contributed by atoms with Crippen LogP contribution in [0.2, 0.25) is 0 Å². The van der Waals surface area contributed by atoms with E-state index < -0.39 is 0 Å². The smallest absolute Gasteiger partial charge is 0.0982 e. The van der Waals surface area contributed by atoms with Gasteiger partial charge in [-0.15, -0.1) is 11.3 Å². The molecule has 0 bridgehead atoms. The first-order valence-electron chi connectivity index (χ1n) is 7.31. The van der Waals surface area contributed by atoms with Crippen molar-refractivity contribution < 1.29 is 0 Å². The van der Waals surface area contributed by atoms with Crippen LogP contribution in [0, 0.1) is 11.3 Å². The molecule has 0 radical (unpaired) electrons. The van der Waals surface area contributed by atoms with Gasteiger partial charge in [0.25, 0.3) is 0 Å². The molecule has 1 aromatic heterocycles. The van der Waals surface area contributed by atoms with Crippen molar-refractivity contribution in [1.29, 1.82) is 5.26 Å². The van der Waals surface area contributed by atoms with Crippen LogP contribution >= 0.6 is 11.3 Å². The maximum Gasteiger partial charge on any atom is 0.0982 e. The summed E-state index contributed by atoms with van der Waals surface area (Å²) in [5.41, 5.74) is 1.13. The maximum atomic E-state index is 8.63. The second kappa shape index (κ2) is 6.34. The summed E-state index contributed by atoms with van der Waals surface area (Å²) in [6.45, 7) is 3.33. The Labute approximate surface area is 123 Å². The van der Waals surface area contributed by atoms with E-state index in [9.17, 15) is 0 Å². The number of likely N-dealkylation sites (tertiary alicyclic amines) is 1. The molecule has 0 unspecified atom stereocenters. The topological polar surface area (TPSA) is 39.9 Å². The maximum absolute atomic E-state index is 8.63. The highest BCUT2D eigenvalue weighted by Gasteiger charge is 2.23. The highest BCUT2D eigenvalue weighted by Crippen LogP contribution is 2.32. The molecule has 4 heteroatoms. The lowest BCUT2D eigenvalue weighted by Gasteiger charge is -2.31. The molecular formula is C16H19N3S. The average molecular weight is 285 g/mol. The second-order valence-electron chi connectivity index (χ2n) is 5.42. The van der Waals surface area contributed by atoms with Crippen LogP contribution in [0.5, 0.6) is 0 Å². The summed E-state index contributed by atoms with van der Waals surface area (Å²) in [5, 5.41) is 9.92. The highest BCUT2D eigenvalue weighted by molar-refractivity contribution is 7.18. The van der Waals surface area contributed by atoms with Crippen LogP contribution in [0.15, 0.2) is 24.3 Å². The molecule has 2 aromatic rings. The number of hydrogen-bond donors (Lipinski definition) is 0. The number of nitrogens with zero attached hydrogens (tertiary/aromatic N) is 3. The molecule has 3 rings (SSSR count). The minimum absolute atomic E-state index is 0.572. The van der Waals surface area contributed by atoms with Crippen LogP contribution < -0.4 is 0 Å². The molecule has 104 valence electrons. The predicted molar refractivity (Wildman–Crippen MR) is 82.9 cm³/mol. The summed E-state index contributed by atoms with van der Waals surface area (Å²) in [5.74, 6) is 0.572. The largest absolute Gasteiger partial charge is 0.303 e. The fourth-order valence-electron chi connectivity index (χ4n) is 2.91. The van der Waals surface area contributed by atoms with Crippen molar-refractivity contribution in [3.63, 3.8) is 0 Å². The van der Waals surface area contributed by atoms with Gasteiger partial charge in [0.2, 0.25) is 0 Å². The monoisotopic (exact) mass is 285 g/mol. The van der Waals surface area contributed by atoms with Gasteiger partial charge >= 0.3 is 0 Å². The number of thiazole rings is 1. The van der Waals surface area contributed by atoms with Gasteiger partial charge in [-0.1, -0.05) is 12.1 Å². The van der Waals surface area contributed by atoms with Gasteiger partial charge in [0.15, 0.2) is 0 Å². The Hall–Kier alpha value is -1.44. The lowest BCUT2D eigenvalue weighted by molar-refractivity contribution is 0.206. The van der Waals surface area contributed by atoms with E-state index in [0.29, 0.717) is 12.3 Å². The number of unbranched alkanes of at least 4 members (excludes halogenated alkanes) is 1. The van der Waals surface area contributed by atoms with Gasteiger partial charge in [0.05, 0.1) is 21.3 Å². The van der Waals surface area contributed by atoms with E-state index in [0.717, 1.165) is 25.0 Å². The molecule has 1 fully saturated rings. The Morgan fingerprint density at radius 2 is 2.30 bits per heavy atom. The van der Waals surface area contributed by atoms with Crippen LogP contribution in [-0.2, 0) is 0 Å². The quantitative estimate of drug-likeness (QED) is 0.803. The Morgan fingerprint density at radius 1 is 1.40 bits per heavy atom. The molecule has 0 N–H and O–H groups in total. The van der Waals surface area contributed by atoms with Crippen molar-refractivity contribution in [2.75, 3.05) is 19.6 Å². The molecule has 1 aliphatic rings. The standard InChI is InChI=1S/C16H19N3S/c17-9-3-4-10-19-11-5-6-13(12-19)16-18-14-7-1-2-8-15(14)20-16/h1-2,7-8,13H,3-6,10-12H2/t13-/m0/s1. The van der Waals surface area contributed by atoms with Gasteiger partial charge in [-0.05, 0) is 44.5 Å². The first-order chi connectivity index (χ1) is 9.86. The summed E-state index contributed by atoms with van der Waals surface area (Å²) < 4.78 is 1.30. The van der Waals surface area contributed by atoms with E-state index >= 15 is 0 Å². The molecule has 1 aliphatic heterocycles. The van der Waals surface area contributed by atoms with Crippen molar-refractivity contribution in [2.24, 2.45) is 0 Å². The molecule has 0 saturated carbocycles. The molecule has 0 amide bonds. The zero-order valence-corrected chi connectivity index (χ0v) is 12.4. The van der Waals surface area contributed by atoms with E-state index in [-0.39, 0.29) is 0 Å². The molecule has 3 nitrogen and oxygen atoms in total. The molecule has 1 atom stereocenters. The number of hydrogen-bond acceptors (Lipinski definition) is 4. The molecule has 20 heavy (non-hydrogen) atoms. The zero-order chi connectivity index (χ0) is 13.8. The number of benzene rings is 1. The third kappa shape index (κ3) is 3.00. The molecule has 2 heterocycles. The van der Waals surface area contributed by atoms with Crippen molar-refractivity contribution in [1.82, 2.24) is 9.88 Å². The number of aromatic nitrogens is 1.